The second-order valence-electron chi connectivity index (χ2n) is 5.12. The number of hydrogen-bond acceptors (Lipinski definition) is 1. The van der Waals surface area contributed by atoms with E-state index in [4.69, 9.17) is 0 Å². The maximum Gasteiger partial charge on any atom is 0.287 e. The van der Waals surface area contributed by atoms with Gasteiger partial charge in [-0.3, -0.25) is 4.57 Å². The molecule has 3 heterocycles. The van der Waals surface area contributed by atoms with E-state index < -0.39 is 7.59 Å². The van der Waals surface area contributed by atoms with Gasteiger partial charge in [-0.1, -0.05) is 0 Å². The molecule has 0 aromatic rings. The first kappa shape index (κ1) is 10.3. The summed E-state index contributed by atoms with van der Waals surface area (Å²) in [4.78, 5) is 0. The minimum atomic E-state index is -2.30. The topological polar surface area (TPSA) is 26.3 Å². The first-order chi connectivity index (χ1) is 7.14. The molecule has 5 atom stereocenters. The van der Waals surface area contributed by atoms with Gasteiger partial charge in [-0.15, -0.1) is 0 Å². The molecular weight excluding hydrogens is 209 g/mol. The normalized spacial score (nSPS) is 48.9. The summed E-state index contributed by atoms with van der Waals surface area (Å²) in [5.41, 5.74) is 0. The highest BCUT2D eigenvalue weighted by molar-refractivity contribution is 7.57. The summed E-state index contributed by atoms with van der Waals surface area (Å²) in [5.74, 6) is 0. The van der Waals surface area contributed by atoms with Crippen molar-refractivity contribution in [2.24, 2.45) is 0 Å². The van der Waals surface area contributed by atoms with Crippen molar-refractivity contribution in [3.63, 3.8) is 0 Å². The van der Waals surface area contributed by atoms with Crippen LogP contribution in [0.25, 0.3) is 0 Å². The molecule has 3 fully saturated rings. The van der Waals surface area contributed by atoms with Crippen molar-refractivity contribution < 1.29 is 4.57 Å². The molecule has 0 aromatic carbocycles. The summed E-state index contributed by atoms with van der Waals surface area (Å²) in [5, 5.41) is 0. The lowest BCUT2D eigenvalue weighted by atomic mass is 10.4. The van der Waals surface area contributed by atoms with Gasteiger partial charge in [0.25, 0.3) is 7.59 Å². The van der Waals surface area contributed by atoms with Gasteiger partial charge in [0.15, 0.2) is 0 Å². The van der Waals surface area contributed by atoms with E-state index in [1.165, 1.54) is 12.8 Å². The van der Waals surface area contributed by atoms with E-state index >= 15 is 0 Å². The Morgan fingerprint density at radius 1 is 1.00 bits per heavy atom. The molecule has 0 aliphatic carbocycles. The van der Waals surface area contributed by atoms with Gasteiger partial charge in [-0.05, 0) is 26.7 Å². The molecule has 3 saturated heterocycles. The van der Waals surface area contributed by atoms with Gasteiger partial charge >= 0.3 is 0 Å². The Morgan fingerprint density at radius 3 is 1.73 bits per heavy atom. The van der Waals surface area contributed by atoms with Crippen molar-refractivity contribution in [3.05, 3.63) is 0 Å². The van der Waals surface area contributed by atoms with Gasteiger partial charge in [0, 0.05) is 38.3 Å². The monoisotopic (exact) mass is 229 g/mol. The Bertz CT molecular complexity index is 296. The molecule has 3 aliphatic heterocycles. The van der Waals surface area contributed by atoms with E-state index in [0.717, 1.165) is 26.2 Å². The van der Waals surface area contributed by atoms with Crippen LogP contribution in [0.5, 0.6) is 0 Å². The van der Waals surface area contributed by atoms with Crippen LogP contribution in [0.15, 0.2) is 0 Å². The van der Waals surface area contributed by atoms with E-state index in [0.29, 0.717) is 12.1 Å². The average Bonchev–Trinajstić information content (AvgIpc) is 3.03. The summed E-state index contributed by atoms with van der Waals surface area (Å²) in [6, 6.07) is 1.06. The fraction of sp³-hybridized carbons (Fsp3) is 1.00. The Balaban J connectivity index is 1.84. The van der Waals surface area contributed by atoms with Gasteiger partial charge < -0.3 is 0 Å². The van der Waals surface area contributed by atoms with Crippen molar-refractivity contribution >= 4 is 7.59 Å². The highest BCUT2D eigenvalue weighted by Crippen LogP contribution is 2.66. The fourth-order valence-corrected chi connectivity index (χ4v) is 6.28. The lowest BCUT2D eigenvalue weighted by molar-refractivity contribution is 0.402. The third-order valence-electron chi connectivity index (χ3n) is 3.77. The Hall–Kier alpha value is 0.110. The third kappa shape index (κ3) is 1.50. The van der Waals surface area contributed by atoms with Gasteiger partial charge in [0.1, 0.15) is 0 Å². The molecule has 0 spiro atoms. The molecule has 0 aromatic heterocycles. The van der Waals surface area contributed by atoms with Crippen molar-refractivity contribution in [2.75, 3.05) is 26.2 Å². The smallest absolute Gasteiger partial charge is 0.270 e. The maximum absolute atomic E-state index is 13.1. The SMILES string of the molecule is C[C@@H]1CN1P(=O)(N1CCCC1)N1C[C@@H]1C. The van der Waals surface area contributed by atoms with Crippen molar-refractivity contribution in [3.8, 4) is 0 Å². The molecule has 4 nitrogen and oxygen atoms in total. The maximum atomic E-state index is 13.1. The first-order valence-corrected chi connectivity index (χ1v) is 7.60. The van der Waals surface area contributed by atoms with Crippen LogP contribution in [-0.4, -0.2) is 52.3 Å². The van der Waals surface area contributed by atoms with Crippen LogP contribution in [0.3, 0.4) is 0 Å². The standard InChI is InChI=1S/C10H20N3OP/c1-9-7-12(9)15(14,13-8-10(13)2)11-5-3-4-6-11/h9-10H,3-8H2,1-2H3/t9-,10+,12?,13?,15?. The predicted molar refractivity (Wildman–Crippen MR) is 60.7 cm³/mol. The van der Waals surface area contributed by atoms with Gasteiger partial charge in [0.05, 0.1) is 0 Å². The van der Waals surface area contributed by atoms with Crippen LogP contribution in [0.2, 0.25) is 0 Å². The Labute approximate surface area is 91.7 Å². The van der Waals surface area contributed by atoms with E-state index in [9.17, 15) is 4.57 Å². The second kappa shape index (κ2) is 3.30. The molecule has 0 N–H and O–H groups in total. The molecule has 3 unspecified atom stereocenters. The largest absolute Gasteiger partial charge is 0.287 e. The second-order valence-corrected chi connectivity index (χ2v) is 7.74. The average molecular weight is 229 g/mol. The summed E-state index contributed by atoms with van der Waals surface area (Å²) in [7, 11) is -2.30. The van der Waals surface area contributed by atoms with E-state index in [2.05, 4.69) is 27.9 Å². The zero-order valence-electron chi connectivity index (χ0n) is 9.59. The lowest BCUT2D eigenvalue weighted by Gasteiger charge is -2.30. The lowest BCUT2D eigenvalue weighted by Crippen LogP contribution is -2.26. The van der Waals surface area contributed by atoms with Crippen molar-refractivity contribution in [1.82, 2.24) is 14.0 Å². The van der Waals surface area contributed by atoms with Crippen LogP contribution in [0.1, 0.15) is 26.7 Å². The highest BCUT2D eigenvalue weighted by atomic mass is 31.2. The van der Waals surface area contributed by atoms with Crippen LogP contribution in [-0.2, 0) is 4.57 Å². The number of hydrogen-bond donors (Lipinski definition) is 0. The molecule has 0 bridgehead atoms. The zero-order valence-corrected chi connectivity index (χ0v) is 10.5. The van der Waals surface area contributed by atoms with Crippen molar-refractivity contribution in [1.29, 1.82) is 0 Å². The summed E-state index contributed by atoms with van der Waals surface area (Å²) < 4.78 is 19.8. The van der Waals surface area contributed by atoms with Gasteiger partial charge in [0.2, 0.25) is 0 Å². The predicted octanol–water partition coefficient (Wildman–Crippen LogP) is 1.60. The van der Waals surface area contributed by atoms with Crippen LogP contribution in [0.4, 0.5) is 0 Å². The molecule has 0 saturated carbocycles. The molecule has 0 radical (unpaired) electrons. The van der Waals surface area contributed by atoms with Gasteiger partial charge in [-0.25, -0.2) is 14.0 Å². The number of nitrogens with zero attached hydrogens (tertiary/aromatic N) is 3. The molecule has 15 heavy (non-hydrogen) atoms. The minimum Gasteiger partial charge on any atom is -0.270 e. The van der Waals surface area contributed by atoms with Gasteiger partial charge in [-0.2, -0.15) is 0 Å². The summed E-state index contributed by atoms with van der Waals surface area (Å²) in [6.07, 6.45) is 2.43. The van der Waals surface area contributed by atoms with E-state index in [1.807, 2.05) is 0 Å². The molecule has 0 amide bonds. The first-order valence-electron chi connectivity index (χ1n) is 6.04. The summed E-state index contributed by atoms with van der Waals surface area (Å²) >= 11 is 0. The Morgan fingerprint density at radius 2 is 1.40 bits per heavy atom. The molecular formula is C10H20N3OP. The zero-order chi connectivity index (χ0) is 10.6. The fourth-order valence-electron chi connectivity index (χ4n) is 2.61. The van der Waals surface area contributed by atoms with Crippen LogP contribution in [0, 0.1) is 0 Å². The van der Waals surface area contributed by atoms with Crippen molar-refractivity contribution in [2.45, 2.75) is 38.8 Å². The third-order valence-corrected chi connectivity index (χ3v) is 7.36. The molecule has 3 aliphatic rings. The van der Waals surface area contributed by atoms with Crippen LogP contribution < -0.4 is 0 Å². The molecule has 5 heteroatoms. The molecule has 86 valence electrons. The minimum absolute atomic E-state index is 0.532. The summed E-state index contributed by atoms with van der Waals surface area (Å²) in [6.45, 7) is 8.47. The highest BCUT2D eigenvalue weighted by Gasteiger charge is 2.58. The Kier molecular flexibility index (Phi) is 2.26. The van der Waals surface area contributed by atoms with Crippen LogP contribution >= 0.6 is 7.59 Å². The quantitative estimate of drug-likeness (QED) is 0.542. The van der Waals surface area contributed by atoms with E-state index in [-0.39, 0.29) is 0 Å². The van der Waals surface area contributed by atoms with E-state index in [1.54, 1.807) is 0 Å². The molecule has 3 rings (SSSR count). The number of rotatable bonds is 3.